The normalized spacial score (nSPS) is 10.5. The predicted octanol–water partition coefficient (Wildman–Crippen LogP) is 3.48. The highest BCUT2D eigenvalue weighted by atomic mass is 35.5. The highest BCUT2D eigenvalue weighted by Gasteiger charge is 2.04. The summed E-state index contributed by atoms with van der Waals surface area (Å²) in [7, 11) is 0. The third kappa shape index (κ3) is 1.79. The van der Waals surface area contributed by atoms with Gasteiger partial charge < -0.3 is 0 Å². The van der Waals surface area contributed by atoms with Crippen LogP contribution >= 0.6 is 23.1 Å². The number of aromatic nitrogens is 2. The standard InChI is InChI=1S/C10H9ClN2S/c1-6-3-10(14-13-6)8-4-9(11)7(2)12-5-8/h3-5H,1-2H3. The van der Waals surface area contributed by atoms with Crippen molar-refractivity contribution in [1.82, 2.24) is 9.36 Å². The van der Waals surface area contributed by atoms with Crippen LogP contribution in [0.5, 0.6) is 0 Å². The summed E-state index contributed by atoms with van der Waals surface area (Å²) in [5.41, 5.74) is 2.92. The Bertz CT molecular complexity index is 465. The maximum absolute atomic E-state index is 5.99. The van der Waals surface area contributed by atoms with E-state index in [1.54, 1.807) is 0 Å². The first-order valence-electron chi connectivity index (χ1n) is 4.22. The fourth-order valence-corrected chi connectivity index (χ4v) is 2.04. The number of hydrogen-bond acceptors (Lipinski definition) is 3. The molecule has 2 heterocycles. The van der Waals surface area contributed by atoms with Crippen LogP contribution in [0, 0.1) is 13.8 Å². The van der Waals surface area contributed by atoms with E-state index < -0.39 is 0 Å². The zero-order valence-corrected chi connectivity index (χ0v) is 9.49. The minimum atomic E-state index is 0.702. The van der Waals surface area contributed by atoms with Crippen LogP contribution < -0.4 is 0 Å². The van der Waals surface area contributed by atoms with Crippen LogP contribution in [0.15, 0.2) is 18.3 Å². The van der Waals surface area contributed by atoms with Crippen LogP contribution in [0.2, 0.25) is 5.02 Å². The molecule has 4 heteroatoms. The van der Waals surface area contributed by atoms with Crippen molar-refractivity contribution < 1.29 is 0 Å². The molecule has 0 unspecified atom stereocenters. The maximum atomic E-state index is 5.99. The smallest absolute Gasteiger partial charge is 0.0625 e. The Labute approximate surface area is 91.7 Å². The van der Waals surface area contributed by atoms with E-state index in [1.807, 2.05) is 32.2 Å². The molecule has 2 aromatic rings. The Morgan fingerprint density at radius 2 is 2.07 bits per heavy atom. The van der Waals surface area contributed by atoms with Crippen LogP contribution in [-0.4, -0.2) is 9.36 Å². The summed E-state index contributed by atoms with van der Waals surface area (Å²) in [4.78, 5) is 5.32. The summed E-state index contributed by atoms with van der Waals surface area (Å²) in [6.45, 7) is 3.87. The topological polar surface area (TPSA) is 25.8 Å². The molecule has 2 nitrogen and oxygen atoms in total. The zero-order chi connectivity index (χ0) is 10.1. The van der Waals surface area contributed by atoms with Gasteiger partial charge in [0.15, 0.2) is 0 Å². The summed E-state index contributed by atoms with van der Waals surface area (Å²) < 4.78 is 4.22. The minimum absolute atomic E-state index is 0.702. The molecule has 0 fully saturated rings. The number of rotatable bonds is 1. The van der Waals surface area contributed by atoms with Crippen LogP contribution in [0.1, 0.15) is 11.4 Å². The predicted molar refractivity (Wildman–Crippen MR) is 59.8 cm³/mol. The summed E-state index contributed by atoms with van der Waals surface area (Å²) >= 11 is 7.46. The quantitative estimate of drug-likeness (QED) is 0.741. The SMILES string of the molecule is Cc1cc(-c2cnc(C)c(Cl)c2)sn1. The van der Waals surface area contributed by atoms with Crippen molar-refractivity contribution >= 4 is 23.1 Å². The molecule has 0 aliphatic heterocycles. The van der Waals surface area contributed by atoms with E-state index in [0.717, 1.165) is 21.8 Å². The number of nitrogens with zero attached hydrogens (tertiary/aromatic N) is 2. The molecule has 2 rings (SSSR count). The Balaban J connectivity index is 2.47. The molecule has 0 aliphatic rings. The lowest BCUT2D eigenvalue weighted by Crippen LogP contribution is -1.83. The van der Waals surface area contributed by atoms with Gasteiger partial charge in [0.2, 0.25) is 0 Å². The summed E-state index contributed by atoms with van der Waals surface area (Å²) in [6, 6.07) is 3.96. The molecular weight excluding hydrogens is 216 g/mol. The van der Waals surface area contributed by atoms with Crippen molar-refractivity contribution in [3.05, 3.63) is 34.7 Å². The lowest BCUT2D eigenvalue weighted by Gasteiger charge is -1.99. The Hall–Kier alpha value is -0.930. The van der Waals surface area contributed by atoms with Gasteiger partial charge in [-0.2, -0.15) is 4.37 Å². The van der Waals surface area contributed by atoms with Gasteiger partial charge in [-0.05, 0) is 37.5 Å². The van der Waals surface area contributed by atoms with E-state index >= 15 is 0 Å². The zero-order valence-electron chi connectivity index (χ0n) is 7.91. The molecule has 0 aromatic carbocycles. The third-order valence-electron chi connectivity index (χ3n) is 1.94. The largest absolute Gasteiger partial charge is 0.259 e. The highest BCUT2D eigenvalue weighted by Crippen LogP contribution is 2.27. The lowest BCUT2D eigenvalue weighted by atomic mass is 10.2. The summed E-state index contributed by atoms with van der Waals surface area (Å²) in [6.07, 6.45) is 1.83. The first kappa shape index (κ1) is 9.62. The number of pyridine rings is 1. The van der Waals surface area contributed by atoms with Gasteiger partial charge in [0, 0.05) is 11.8 Å². The summed E-state index contributed by atoms with van der Waals surface area (Å²) in [5.74, 6) is 0. The second-order valence-corrected chi connectivity index (χ2v) is 4.34. The first-order chi connectivity index (χ1) is 6.66. The second kappa shape index (κ2) is 3.67. The van der Waals surface area contributed by atoms with Gasteiger partial charge in [-0.15, -0.1) is 0 Å². The van der Waals surface area contributed by atoms with Crippen molar-refractivity contribution in [2.75, 3.05) is 0 Å². The van der Waals surface area contributed by atoms with Gasteiger partial charge in [-0.25, -0.2) is 0 Å². The molecule has 0 radical (unpaired) electrons. The fraction of sp³-hybridized carbons (Fsp3) is 0.200. The summed E-state index contributed by atoms with van der Waals surface area (Å²) in [5, 5.41) is 0.702. The monoisotopic (exact) mass is 224 g/mol. The molecule has 0 spiro atoms. The van der Waals surface area contributed by atoms with Crippen molar-refractivity contribution in [2.24, 2.45) is 0 Å². The fourth-order valence-electron chi connectivity index (χ4n) is 1.14. The average Bonchev–Trinajstić information content (AvgIpc) is 2.57. The van der Waals surface area contributed by atoms with E-state index in [4.69, 9.17) is 11.6 Å². The Kier molecular flexibility index (Phi) is 2.52. The van der Waals surface area contributed by atoms with E-state index in [-0.39, 0.29) is 0 Å². The number of aryl methyl sites for hydroxylation is 2. The highest BCUT2D eigenvalue weighted by molar-refractivity contribution is 7.09. The van der Waals surface area contributed by atoms with Crippen molar-refractivity contribution in [3.8, 4) is 10.4 Å². The van der Waals surface area contributed by atoms with Crippen molar-refractivity contribution in [2.45, 2.75) is 13.8 Å². The maximum Gasteiger partial charge on any atom is 0.0625 e. The molecule has 14 heavy (non-hydrogen) atoms. The van der Waals surface area contributed by atoms with E-state index in [1.165, 1.54) is 11.5 Å². The van der Waals surface area contributed by atoms with E-state index in [9.17, 15) is 0 Å². The van der Waals surface area contributed by atoms with Gasteiger partial charge in [0.05, 0.1) is 21.3 Å². The van der Waals surface area contributed by atoms with Crippen LogP contribution in [0.3, 0.4) is 0 Å². The molecule has 0 saturated carbocycles. The van der Waals surface area contributed by atoms with E-state index in [2.05, 4.69) is 9.36 Å². The van der Waals surface area contributed by atoms with E-state index in [0.29, 0.717) is 5.02 Å². The molecular formula is C10H9ClN2S. The number of halogens is 1. The average molecular weight is 225 g/mol. The van der Waals surface area contributed by atoms with Crippen LogP contribution in [0.4, 0.5) is 0 Å². The first-order valence-corrected chi connectivity index (χ1v) is 5.38. The Morgan fingerprint density at radius 1 is 1.29 bits per heavy atom. The van der Waals surface area contributed by atoms with Gasteiger partial charge in [-0.3, -0.25) is 4.98 Å². The van der Waals surface area contributed by atoms with Gasteiger partial charge in [0.25, 0.3) is 0 Å². The third-order valence-corrected chi connectivity index (χ3v) is 3.25. The molecule has 0 bridgehead atoms. The molecule has 0 atom stereocenters. The second-order valence-electron chi connectivity index (χ2n) is 3.12. The molecule has 0 amide bonds. The Morgan fingerprint density at radius 3 is 2.64 bits per heavy atom. The molecule has 2 aromatic heterocycles. The number of hydrogen-bond donors (Lipinski definition) is 0. The molecule has 0 N–H and O–H groups in total. The van der Waals surface area contributed by atoms with Crippen LogP contribution in [-0.2, 0) is 0 Å². The van der Waals surface area contributed by atoms with Gasteiger partial charge in [-0.1, -0.05) is 11.6 Å². The molecule has 0 saturated heterocycles. The van der Waals surface area contributed by atoms with Gasteiger partial charge >= 0.3 is 0 Å². The minimum Gasteiger partial charge on any atom is -0.259 e. The van der Waals surface area contributed by atoms with Crippen LogP contribution in [0.25, 0.3) is 10.4 Å². The van der Waals surface area contributed by atoms with Gasteiger partial charge in [0.1, 0.15) is 0 Å². The molecule has 72 valence electrons. The lowest BCUT2D eigenvalue weighted by molar-refractivity contribution is 1.20. The molecule has 0 aliphatic carbocycles. The van der Waals surface area contributed by atoms with Crippen molar-refractivity contribution in [1.29, 1.82) is 0 Å². The van der Waals surface area contributed by atoms with Crippen molar-refractivity contribution in [3.63, 3.8) is 0 Å².